The highest BCUT2D eigenvalue weighted by atomic mass is 35.5. The van der Waals surface area contributed by atoms with Crippen molar-refractivity contribution in [3.8, 4) is 11.3 Å². The van der Waals surface area contributed by atoms with Gasteiger partial charge in [0.15, 0.2) is 5.65 Å². The molecule has 1 N–H and O–H groups in total. The normalized spacial score (nSPS) is 18.6. The third-order valence-corrected chi connectivity index (χ3v) is 6.75. The molecule has 34 heavy (non-hydrogen) atoms. The van der Waals surface area contributed by atoms with E-state index in [4.69, 9.17) is 21.6 Å². The first-order valence-corrected chi connectivity index (χ1v) is 11.8. The summed E-state index contributed by atoms with van der Waals surface area (Å²) in [6.45, 7) is 5.93. The quantitative estimate of drug-likeness (QED) is 0.471. The predicted octanol–water partition coefficient (Wildman–Crippen LogP) is 4.18. The second kappa shape index (κ2) is 8.25. The van der Waals surface area contributed by atoms with Gasteiger partial charge in [-0.15, -0.1) is 0 Å². The van der Waals surface area contributed by atoms with Gasteiger partial charge in [0.1, 0.15) is 17.0 Å². The van der Waals surface area contributed by atoms with Crippen molar-refractivity contribution in [2.24, 2.45) is 0 Å². The molecular weight excluding hydrogens is 455 g/mol. The molecule has 0 unspecified atom stereocenters. The van der Waals surface area contributed by atoms with Gasteiger partial charge >= 0.3 is 0 Å². The lowest BCUT2D eigenvalue weighted by molar-refractivity contribution is 0.466. The second-order valence-corrected chi connectivity index (χ2v) is 9.44. The molecule has 0 radical (unpaired) electrons. The highest BCUT2D eigenvalue weighted by Gasteiger charge is 2.28. The lowest BCUT2D eigenvalue weighted by Gasteiger charge is -2.33. The van der Waals surface area contributed by atoms with E-state index in [2.05, 4.69) is 36.2 Å². The largest absolute Gasteiger partial charge is 0.338 e. The van der Waals surface area contributed by atoms with Crippen LogP contribution in [-0.2, 0) is 0 Å². The molecule has 2 fully saturated rings. The van der Waals surface area contributed by atoms with Crippen LogP contribution in [0.4, 0.5) is 10.3 Å². The summed E-state index contributed by atoms with van der Waals surface area (Å²) in [5, 5.41) is 8.44. The number of nitrogens with one attached hydrogen (secondary N) is 1. The zero-order chi connectivity index (χ0) is 23.4. The molecule has 0 spiro atoms. The van der Waals surface area contributed by atoms with Crippen LogP contribution in [0.1, 0.15) is 41.9 Å². The van der Waals surface area contributed by atoms with Crippen molar-refractivity contribution < 1.29 is 4.39 Å². The van der Waals surface area contributed by atoms with Crippen molar-refractivity contribution in [2.75, 3.05) is 24.5 Å². The maximum absolute atomic E-state index is 14.9. The van der Waals surface area contributed by atoms with Gasteiger partial charge in [-0.05, 0) is 44.9 Å². The first-order chi connectivity index (χ1) is 16.5. The Hall–Kier alpha value is -3.17. The Bertz CT molecular complexity index is 1400. The first kappa shape index (κ1) is 21.4. The average molecular weight is 479 g/mol. The number of benzene rings is 1. The summed E-state index contributed by atoms with van der Waals surface area (Å²) in [6.07, 6.45) is 6.46. The molecule has 3 aromatic heterocycles. The Kier molecular flexibility index (Phi) is 5.18. The molecule has 174 valence electrons. The zero-order valence-electron chi connectivity index (χ0n) is 19.0. The van der Waals surface area contributed by atoms with Crippen molar-refractivity contribution in [2.45, 2.75) is 38.8 Å². The Morgan fingerprint density at radius 1 is 1.09 bits per heavy atom. The van der Waals surface area contributed by atoms with E-state index < -0.39 is 5.82 Å². The lowest BCUT2D eigenvalue weighted by Crippen LogP contribution is -2.46. The zero-order valence-corrected chi connectivity index (χ0v) is 19.7. The second-order valence-electron chi connectivity index (χ2n) is 9.00. The molecule has 1 saturated heterocycles. The molecule has 1 aliphatic carbocycles. The van der Waals surface area contributed by atoms with Crippen molar-refractivity contribution in [1.82, 2.24) is 35.0 Å². The van der Waals surface area contributed by atoms with Gasteiger partial charge in [0, 0.05) is 42.0 Å². The van der Waals surface area contributed by atoms with Crippen LogP contribution in [0.15, 0.2) is 30.6 Å². The maximum Gasteiger partial charge on any atom is 0.228 e. The van der Waals surface area contributed by atoms with Gasteiger partial charge in [-0.25, -0.2) is 19.3 Å². The van der Waals surface area contributed by atoms with Crippen LogP contribution in [-0.4, -0.2) is 49.4 Å². The Morgan fingerprint density at radius 2 is 1.91 bits per heavy atom. The molecule has 8 nitrogen and oxygen atoms in total. The van der Waals surface area contributed by atoms with Crippen molar-refractivity contribution in [3.63, 3.8) is 0 Å². The summed E-state index contributed by atoms with van der Waals surface area (Å²) in [7, 11) is 0. The maximum atomic E-state index is 14.9. The number of fused-ring (bicyclic) bond motifs is 1. The number of hydrogen-bond acceptors (Lipinski definition) is 7. The minimum atomic E-state index is -0.454. The van der Waals surface area contributed by atoms with Crippen LogP contribution in [0.3, 0.4) is 0 Å². The van der Waals surface area contributed by atoms with Gasteiger partial charge in [0.25, 0.3) is 0 Å². The number of aryl methyl sites for hydroxylation is 2. The number of halogens is 2. The molecular formula is C24H24ClFN8. The van der Waals surface area contributed by atoms with E-state index in [1.165, 1.54) is 18.9 Å². The van der Waals surface area contributed by atoms with Crippen molar-refractivity contribution >= 4 is 28.7 Å². The monoisotopic (exact) mass is 478 g/mol. The number of rotatable bonds is 4. The molecule has 4 aromatic rings. The molecule has 1 aliphatic heterocycles. The van der Waals surface area contributed by atoms with E-state index in [-0.39, 0.29) is 6.04 Å². The van der Waals surface area contributed by atoms with Crippen LogP contribution in [0, 0.1) is 19.7 Å². The summed E-state index contributed by atoms with van der Waals surface area (Å²) in [5.74, 6) is 0.0552. The molecule has 4 heterocycles. The summed E-state index contributed by atoms with van der Waals surface area (Å²) >= 11 is 6.00. The summed E-state index contributed by atoms with van der Waals surface area (Å²) < 4.78 is 17.0. The standard InChI is InChI=1S/C24H24ClFN8/c1-13-14(2)30-23-22(29-13)21(18-6-3-16(25)9-19(18)26)31-24(32-23)33-8-7-27-20(12-33)15-10-28-34(11-15)17-4-5-17/h3,6,9-11,17,20,27H,4-5,7-8,12H2,1-2H3/t20-/m1/s1. The van der Waals surface area contributed by atoms with E-state index in [1.54, 1.807) is 12.1 Å². The molecule has 2 aliphatic rings. The fraction of sp³-hybridized carbons (Fsp3) is 0.375. The third kappa shape index (κ3) is 3.88. The number of piperazine rings is 1. The molecule has 1 aromatic carbocycles. The predicted molar refractivity (Wildman–Crippen MR) is 128 cm³/mol. The smallest absolute Gasteiger partial charge is 0.228 e. The Balaban J connectivity index is 1.41. The summed E-state index contributed by atoms with van der Waals surface area (Å²) in [6, 6.07) is 5.21. The fourth-order valence-electron chi connectivity index (χ4n) is 4.34. The third-order valence-electron chi connectivity index (χ3n) is 6.52. The van der Waals surface area contributed by atoms with E-state index >= 15 is 0 Å². The Morgan fingerprint density at radius 3 is 2.71 bits per heavy atom. The Labute approximate surface area is 201 Å². The number of aromatic nitrogens is 6. The van der Waals surface area contributed by atoms with Crippen LogP contribution < -0.4 is 10.2 Å². The van der Waals surface area contributed by atoms with E-state index in [0.717, 1.165) is 30.0 Å². The number of nitrogens with zero attached hydrogens (tertiary/aromatic N) is 7. The SMILES string of the molecule is Cc1nc2nc(N3CCN[C@@H](c4cnn(C5CC5)c4)C3)nc(-c3ccc(Cl)cc3F)c2nc1C. The van der Waals surface area contributed by atoms with Gasteiger partial charge in [0.2, 0.25) is 5.95 Å². The molecule has 1 atom stereocenters. The van der Waals surface area contributed by atoms with Crippen molar-refractivity contribution in [1.29, 1.82) is 0 Å². The van der Waals surface area contributed by atoms with Gasteiger partial charge in [0.05, 0.1) is 29.7 Å². The fourth-order valence-corrected chi connectivity index (χ4v) is 4.50. The van der Waals surface area contributed by atoms with Gasteiger partial charge < -0.3 is 10.2 Å². The van der Waals surface area contributed by atoms with E-state index in [0.29, 0.717) is 46.0 Å². The van der Waals surface area contributed by atoms with Gasteiger partial charge in [-0.3, -0.25) is 4.68 Å². The van der Waals surface area contributed by atoms with Crippen LogP contribution >= 0.6 is 11.6 Å². The van der Waals surface area contributed by atoms with Crippen LogP contribution in [0.5, 0.6) is 0 Å². The minimum Gasteiger partial charge on any atom is -0.338 e. The highest BCUT2D eigenvalue weighted by molar-refractivity contribution is 6.30. The molecule has 0 amide bonds. The molecule has 10 heteroatoms. The minimum absolute atomic E-state index is 0.0992. The average Bonchev–Trinajstić information content (AvgIpc) is 3.56. The van der Waals surface area contributed by atoms with Gasteiger partial charge in [-0.1, -0.05) is 11.6 Å². The number of anilines is 1. The molecule has 6 rings (SSSR count). The summed E-state index contributed by atoms with van der Waals surface area (Å²) in [5.41, 5.74) is 4.36. The summed E-state index contributed by atoms with van der Waals surface area (Å²) in [4.78, 5) is 21.0. The van der Waals surface area contributed by atoms with Crippen LogP contribution in [0.2, 0.25) is 5.02 Å². The van der Waals surface area contributed by atoms with Crippen molar-refractivity contribution in [3.05, 3.63) is 58.4 Å². The molecule has 1 saturated carbocycles. The lowest BCUT2D eigenvalue weighted by atomic mass is 10.1. The van der Waals surface area contributed by atoms with Gasteiger partial charge in [-0.2, -0.15) is 10.1 Å². The highest BCUT2D eigenvalue weighted by Crippen LogP contribution is 2.35. The van der Waals surface area contributed by atoms with Crippen LogP contribution in [0.25, 0.3) is 22.4 Å². The first-order valence-electron chi connectivity index (χ1n) is 11.5. The van der Waals surface area contributed by atoms with E-state index in [1.807, 2.05) is 20.0 Å². The van der Waals surface area contributed by atoms with E-state index in [9.17, 15) is 4.39 Å². The molecule has 0 bridgehead atoms. The number of hydrogen-bond donors (Lipinski definition) is 1. The topological polar surface area (TPSA) is 84.7 Å².